The first-order chi connectivity index (χ1) is 13.0. The summed E-state index contributed by atoms with van der Waals surface area (Å²) < 4.78 is 39.6. The molecular formula is C21H22F3N3. The van der Waals surface area contributed by atoms with Crippen molar-refractivity contribution in [1.29, 1.82) is 0 Å². The number of alkyl halides is 3. The number of benzene rings is 1. The Kier molecular flexibility index (Phi) is 5.96. The standard InChI is InChI=1S/C21H22F3N3/c1-2-3-9-18-14-19(15-20(25-18)21(22,23)24)27-12-10-26(11-13-27)16-17-7-5-4-6-8-17/h2-9,14-15H,1,10-13,16H2/b9-3+. The molecule has 142 valence electrons. The molecule has 1 aromatic carbocycles. The SMILES string of the molecule is C=C/C=C/c1cc(N2CCN(Cc3ccccc3)CC2)cc(C(F)(F)F)n1. The topological polar surface area (TPSA) is 19.4 Å². The van der Waals surface area contributed by atoms with E-state index in [-0.39, 0.29) is 5.69 Å². The number of pyridine rings is 1. The largest absolute Gasteiger partial charge is 0.433 e. The summed E-state index contributed by atoms with van der Waals surface area (Å²) in [5.41, 5.74) is 1.22. The van der Waals surface area contributed by atoms with Gasteiger partial charge in [-0.2, -0.15) is 13.2 Å². The molecule has 1 saturated heterocycles. The highest BCUT2D eigenvalue weighted by Crippen LogP contribution is 2.31. The summed E-state index contributed by atoms with van der Waals surface area (Å²) in [5.74, 6) is 0. The van der Waals surface area contributed by atoms with Crippen LogP contribution in [0.1, 0.15) is 17.0 Å². The molecule has 0 unspecified atom stereocenters. The molecule has 1 fully saturated rings. The van der Waals surface area contributed by atoms with Gasteiger partial charge >= 0.3 is 6.18 Å². The van der Waals surface area contributed by atoms with Gasteiger partial charge < -0.3 is 4.90 Å². The summed E-state index contributed by atoms with van der Waals surface area (Å²) in [5, 5.41) is 0. The Morgan fingerprint density at radius 2 is 1.74 bits per heavy atom. The average Bonchev–Trinajstić information content (AvgIpc) is 2.67. The minimum Gasteiger partial charge on any atom is -0.369 e. The Balaban J connectivity index is 1.73. The van der Waals surface area contributed by atoms with Gasteiger partial charge in [-0.05, 0) is 23.8 Å². The van der Waals surface area contributed by atoms with Gasteiger partial charge in [0.05, 0.1) is 5.69 Å². The third kappa shape index (κ3) is 5.20. The Bertz CT molecular complexity index is 792. The first-order valence-corrected chi connectivity index (χ1v) is 8.85. The number of hydrogen-bond donors (Lipinski definition) is 0. The number of anilines is 1. The van der Waals surface area contributed by atoms with E-state index in [1.807, 2.05) is 23.1 Å². The van der Waals surface area contributed by atoms with Crippen molar-refractivity contribution in [2.75, 3.05) is 31.1 Å². The van der Waals surface area contributed by atoms with Crippen LogP contribution in [0.5, 0.6) is 0 Å². The van der Waals surface area contributed by atoms with E-state index in [9.17, 15) is 13.2 Å². The van der Waals surface area contributed by atoms with Crippen molar-refractivity contribution in [2.45, 2.75) is 12.7 Å². The molecule has 3 nitrogen and oxygen atoms in total. The third-order valence-electron chi connectivity index (χ3n) is 4.51. The summed E-state index contributed by atoms with van der Waals surface area (Å²) in [6.45, 7) is 7.37. The van der Waals surface area contributed by atoms with E-state index in [1.165, 1.54) is 17.7 Å². The molecule has 0 aliphatic carbocycles. The molecule has 0 N–H and O–H groups in total. The highest BCUT2D eigenvalue weighted by molar-refractivity contribution is 5.57. The van der Waals surface area contributed by atoms with Crippen LogP contribution in [-0.2, 0) is 12.7 Å². The van der Waals surface area contributed by atoms with Crippen LogP contribution in [0.3, 0.4) is 0 Å². The van der Waals surface area contributed by atoms with Gasteiger partial charge in [0.15, 0.2) is 0 Å². The first kappa shape index (κ1) is 19.2. The zero-order valence-electron chi connectivity index (χ0n) is 15.0. The van der Waals surface area contributed by atoms with Crippen molar-refractivity contribution in [3.63, 3.8) is 0 Å². The van der Waals surface area contributed by atoms with Gasteiger partial charge in [-0.3, -0.25) is 4.90 Å². The van der Waals surface area contributed by atoms with E-state index in [4.69, 9.17) is 0 Å². The molecule has 2 aromatic rings. The second-order valence-electron chi connectivity index (χ2n) is 6.48. The molecule has 3 rings (SSSR count). The molecule has 0 radical (unpaired) electrons. The summed E-state index contributed by atoms with van der Waals surface area (Å²) in [6, 6.07) is 13.0. The van der Waals surface area contributed by atoms with Crippen LogP contribution in [0, 0.1) is 0 Å². The highest BCUT2D eigenvalue weighted by atomic mass is 19.4. The molecule has 1 aliphatic rings. The Labute approximate surface area is 157 Å². The molecule has 0 atom stereocenters. The zero-order chi connectivity index (χ0) is 19.3. The van der Waals surface area contributed by atoms with Crippen LogP contribution < -0.4 is 4.90 Å². The highest BCUT2D eigenvalue weighted by Gasteiger charge is 2.33. The van der Waals surface area contributed by atoms with E-state index in [0.29, 0.717) is 18.8 Å². The maximum atomic E-state index is 13.2. The molecule has 1 aromatic heterocycles. The fraction of sp³-hybridized carbons (Fsp3) is 0.286. The Morgan fingerprint density at radius 3 is 2.37 bits per heavy atom. The molecular weight excluding hydrogens is 351 g/mol. The van der Waals surface area contributed by atoms with Crippen LogP contribution in [0.25, 0.3) is 6.08 Å². The number of hydrogen-bond acceptors (Lipinski definition) is 3. The quantitative estimate of drug-likeness (QED) is 0.713. The maximum Gasteiger partial charge on any atom is 0.433 e. The van der Waals surface area contributed by atoms with Gasteiger partial charge in [-0.1, -0.05) is 49.1 Å². The van der Waals surface area contributed by atoms with Crippen LogP contribution in [0.15, 0.2) is 61.2 Å². The smallest absolute Gasteiger partial charge is 0.369 e. The van der Waals surface area contributed by atoms with Gasteiger partial charge in [-0.25, -0.2) is 4.98 Å². The zero-order valence-corrected chi connectivity index (χ0v) is 15.0. The Morgan fingerprint density at radius 1 is 1.04 bits per heavy atom. The lowest BCUT2D eigenvalue weighted by Gasteiger charge is -2.36. The molecule has 2 heterocycles. The van der Waals surface area contributed by atoms with E-state index >= 15 is 0 Å². The fourth-order valence-electron chi connectivity index (χ4n) is 3.12. The number of piperazine rings is 1. The predicted molar refractivity (Wildman–Crippen MR) is 102 cm³/mol. The van der Waals surface area contributed by atoms with Gasteiger partial charge in [-0.15, -0.1) is 0 Å². The number of rotatable bonds is 5. The van der Waals surface area contributed by atoms with E-state index in [2.05, 4.69) is 28.6 Å². The fourth-order valence-corrected chi connectivity index (χ4v) is 3.12. The second kappa shape index (κ2) is 8.39. The normalized spacial score (nSPS) is 16.0. The van der Waals surface area contributed by atoms with Crippen molar-refractivity contribution in [3.05, 3.63) is 78.1 Å². The van der Waals surface area contributed by atoms with Crippen LogP contribution >= 0.6 is 0 Å². The number of allylic oxidation sites excluding steroid dienone is 2. The lowest BCUT2D eigenvalue weighted by molar-refractivity contribution is -0.141. The van der Waals surface area contributed by atoms with Crippen LogP contribution in [0.4, 0.5) is 18.9 Å². The van der Waals surface area contributed by atoms with Gasteiger partial charge in [0.1, 0.15) is 5.69 Å². The molecule has 0 bridgehead atoms. The van der Waals surface area contributed by atoms with Gasteiger partial charge in [0.2, 0.25) is 0 Å². The summed E-state index contributed by atoms with van der Waals surface area (Å²) in [6.07, 6.45) is 0.174. The second-order valence-corrected chi connectivity index (χ2v) is 6.48. The van der Waals surface area contributed by atoms with Crippen molar-refractivity contribution >= 4 is 11.8 Å². The summed E-state index contributed by atoms with van der Waals surface area (Å²) >= 11 is 0. The number of aromatic nitrogens is 1. The van der Waals surface area contributed by atoms with E-state index in [0.717, 1.165) is 25.7 Å². The van der Waals surface area contributed by atoms with Gasteiger partial charge in [0.25, 0.3) is 0 Å². The number of nitrogens with zero attached hydrogens (tertiary/aromatic N) is 3. The van der Waals surface area contributed by atoms with Crippen LogP contribution in [-0.4, -0.2) is 36.1 Å². The third-order valence-corrected chi connectivity index (χ3v) is 4.51. The van der Waals surface area contributed by atoms with Crippen molar-refractivity contribution < 1.29 is 13.2 Å². The van der Waals surface area contributed by atoms with Crippen molar-refractivity contribution in [3.8, 4) is 0 Å². The van der Waals surface area contributed by atoms with Crippen LogP contribution in [0.2, 0.25) is 0 Å². The molecule has 0 spiro atoms. The molecule has 1 aliphatic heterocycles. The monoisotopic (exact) mass is 373 g/mol. The number of halogens is 3. The molecule has 0 amide bonds. The lowest BCUT2D eigenvalue weighted by Crippen LogP contribution is -2.46. The molecule has 0 saturated carbocycles. The lowest BCUT2D eigenvalue weighted by atomic mass is 10.1. The van der Waals surface area contributed by atoms with Crippen molar-refractivity contribution in [1.82, 2.24) is 9.88 Å². The maximum absolute atomic E-state index is 13.2. The average molecular weight is 373 g/mol. The predicted octanol–water partition coefficient (Wildman–Crippen LogP) is 4.62. The summed E-state index contributed by atoms with van der Waals surface area (Å²) in [7, 11) is 0. The van der Waals surface area contributed by atoms with E-state index < -0.39 is 11.9 Å². The molecule has 6 heteroatoms. The van der Waals surface area contributed by atoms with Crippen molar-refractivity contribution in [2.24, 2.45) is 0 Å². The molecule has 27 heavy (non-hydrogen) atoms. The minimum absolute atomic E-state index is 0.284. The van der Waals surface area contributed by atoms with Gasteiger partial charge in [0, 0.05) is 38.4 Å². The first-order valence-electron chi connectivity index (χ1n) is 8.85. The summed E-state index contributed by atoms with van der Waals surface area (Å²) in [4.78, 5) is 8.02. The Hall–Kier alpha value is -2.60. The minimum atomic E-state index is -4.47. The van der Waals surface area contributed by atoms with E-state index in [1.54, 1.807) is 12.1 Å².